The summed E-state index contributed by atoms with van der Waals surface area (Å²) in [5.41, 5.74) is 0.431. The molecule has 0 amide bonds. The molecule has 168 valence electrons. The molecule has 1 N–H and O–H groups in total. The van der Waals surface area contributed by atoms with Crippen molar-refractivity contribution in [1.29, 1.82) is 0 Å². The molecule has 0 saturated heterocycles. The fourth-order valence-electron chi connectivity index (χ4n) is 4.29. The van der Waals surface area contributed by atoms with Gasteiger partial charge >= 0.3 is 0 Å². The Morgan fingerprint density at radius 1 is 0.824 bits per heavy atom. The SMILES string of the molecule is CC(=O)c1cc2c(=O)c3cc(O)ccc3oc2c(C(C)=O)c1-c1coc2ccc(C)cc2c1=O. The topological polar surface area (TPSA) is 115 Å². The average molecular weight is 454 g/mol. The van der Waals surface area contributed by atoms with Crippen molar-refractivity contribution in [3.05, 3.63) is 85.9 Å². The Morgan fingerprint density at radius 3 is 2.24 bits per heavy atom. The summed E-state index contributed by atoms with van der Waals surface area (Å²) in [4.78, 5) is 52.3. The molecule has 0 radical (unpaired) electrons. The van der Waals surface area contributed by atoms with E-state index in [0.717, 1.165) is 5.56 Å². The zero-order valence-corrected chi connectivity index (χ0v) is 18.5. The number of phenols is 1. The second kappa shape index (κ2) is 7.52. The largest absolute Gasteiger partial charge is 0.508 e. The molecule has 3 aromatic carbocycles. The second-order valence-electron chi connectivity index (χ2n) is 8.25. The van der Waals surface area contributed by atoms with Gasteiger partial charge in [-0.2, -0.15) is 0 Å². The molecule has 5 rings (SSSR count). The molecule has 0 unspecified atom stereocenters. The number of benzene rings is 3. The number of hydrogen-bond donors (Lipinski definition) is 1. The maximum Gasteiger partial charge on any atom is 0.200 e. The van der Waals surface area contributed by atoms with Crippen LogP contribution in [-0.4, -0.2) is 16.7 Å². The molecule has 0 saturated carbocycles. The van der Waals surface area contributed by atoms with Crippen LogP contribution in [0, 0.1) is 6.92 Å². The van der Waals surface area contributed by atoms with Crippen LogP contribution in [0.4, 0.5) is 0 Å². The van der Waals surface area contributed by atoms with E-state index >= 15 is 0 Å². The van der Waals surface area contributed by atoms with E-state index < -0.39 is 22.4 Å². The van der Waals surface area contributed by atoms with Crippen LogP contribution in [0.5, 0.6) is 5.75 Å². The molecule has 7 nitrogen and oxygen atoms in total. The number of ketones is 2. The van der Waals surface area contributed by atoms with Gasteiger partial charge in [0.1, 0.15) is 28.8 Å². The van der Waals surface area contributed by atoms with Crippen molar-refractivity contribution in [3.63, 3.8) is 0 Å². The molecular formula is C27H18O7. The molecule has 0 fully saturated rings. The first-order valence-electron chi connectivity index (χ1n) is 10.5. The summed E-state index contributed by atoms with van der Waals surface area (Å²) in [7, 11) is 0. The number of aromatic hydroxyl groups is 1. The van der Waals surface area contributed by atoms with Crippen LogP contribution in [0.15, 0.2) is 67.2 Å². The lowest BCUT2D eigenvalue weighted by atomic mass is 9.88. The van der Waals surface area contributed by atoms with E-state index in [4.69, 9.17) is 8.83 Å². The second-order valence-corrected chi connectivity index (χ2v) is 8.25. The van der Waals surface area contributed by atoms with E-state index in [1.807, 2.05) is 6.92 Å². The molecule has 2 aromatic heterocycles. The molecule has 7 heteroatoms. The minimum atomic E-state index is -0.509. The minimum Gasteiger partial charge on any atom is -0.508 e. The van der Waals surface area contributed by atoms with Crippen LogP contribution in [0.3, 0.4) is 0 Å². The summed E-state index contributed by atoms with van der Waals surface area (Å²) in [6.07, 6.45) is 1.22. The van der Waals surface area contributed by atoms with E-state index in [-0.39, 0.29) is 49.9 Å². The molecule has 5 aromatic rings. The van der Waals surface area contributed by atoms with Crippen molar-refractivity contribution in [2.24, 2.45) is 0 Å². The average Bonchev–Trinajstić information content (AvgIpc) is 2.79. The smallest absolute Gasteiger partial charge is 0.200 e. The fourth-order valence-corrected chi connectivity index (χ4v) is 4.29. The lowest BCUT2D eigenvalue weighted by Gasteiger charge is -2.15. The van der Waals surface area contributed by atoms with E-state index in [2.05, 4.69) is 0 Å². The van der Waals surface area contributed by atoms with Crippen molar-refractivity contribution in [1.82, 2.24) is 0 Å². The van der Waals surface area contributed by atoms with Crippen LogP contribution >= 0.6 is 0 Å². The number of carbonyl (C=O) groups is 2. The number of aryl methyl sites for hydroxylation is 1. The van der Waals surface area contributed by atoms with Gasteiger partial charge in [-0.3, -0.25) is 19.2 Å². The number of carbonyl (C=O) groups excluding carboxylic acids is 2. The highest BCUT2D eigenvalue weighted by molar-refractivity contribution is 6.17. The molecule has 0 aliphatic carbocycles. The lowest BCUT2D eigenvalue weighted by Crippen LogP contribution is -2.14. The number of fused-ring (bicyclic) bond motifs is 3. The standard InChI is InChI=1S/C27H18O7/c1-12-4-6-21-17(8-12)26(32)20(11-33-21)24-16(13(2)28)10-19-25(31)18-9-15(30)5-7-22(18)34-27(19)23(24)14(3)29/h4-11,30H,1-3H3. The first-order valence-corrected chi connectivity index (χ1v) is 10.5. The summed E-state index contributed by atoms with van der Waals surface area (Å²) in [6.45, 7) is 4.40. The van der Waals surface area contributed by atoms with Crippen LogP contribution in [0.25, 0.3) is 44.0 Å². The predicted octanol–water partition coefficient (Wildman–Crippen LogP) is 5.14. The Bertz CT molecular complexity index is 1820. The third kappa shape index (κ3) is 3.13. The Balaban J connectivity index is 2.02. The molecular weight excluding hydrogens is 436 g/mol. The van der Waals surface area contributed by atoms with Crippen LogP contribution in [0.1, 0.15) is 40.1 Å². The van der Waals surface area contributed by atoms with E-state index in [1.165, 1.54) is 44.4 Å². The maximum absolute atomic E-state index is 13.5. The van der Waals surface area contributed by atoms with Gasteiger partial charge in [0.05, 0.1) is 27.3 Å². The first-order chi connectivity index (χ1) is 16.2. The highest BCUT2D eigenvalue weighted by Gasteiger charge is 2.26. The number of Topliss-reactive ketones (excluding diaryl/α,β-unsaturated/α-hetero) is 2. The van der Waals surface area contributed by atoms with Gasteiger partial charge in [-0.1, -0.05) is 11.6 Å². The van der Waals surface area contributed by atoms with Gasteiger partial charge in [0.25, 0.3) is 0 Å². The molecule has 0 bridgehead atoms. The van der Waals surface area contributed by atoms with Gasteiger partial charge in [-0.15, -0.1) is 0 Å². The number of rotatable bonds is 3. The van der Waals surface area contributed by atoms with Gasteiger partial charge in [0.2, 0.25) is 10.9 Å². The van der Waals surface area contributed by atoms with Crippen molar-refractivity contribution in [2.75, 3.05) is 0 Å². The Hall–Kier alpha value is -4.52. The van der Waals surface area contributed by atoms with Crippen molar-refractivity contribution >= 4 is 44.5 Å². The predicted molar refractivity (Wildman–Crippen MR) is 128 cm³/mol. The van der Waals surface area contributed by atoms with Crippen LogP contribution in [-0.2, 0) is 0 Å². The Kier molecular flexibility index (Phi) is 4.72. The summed E-state index contributed by atoms with van der Waals surface area (Å²) in [6, 6.07) is 10.5. The monoisotopic (exact) mass is 454 g/mol. The van der Waals surface area contributed by atoms with Crippen molar-refractivity contribution < 1.29 is 23.5 Å². The molecule has 0 atom stereocenters. The van der Waals surface area contributed by atoms with Gasteiger partial charge < -0.3 is 13.9 Å². The first kappa shape index (κ1) is 21.3. The maximum atomic E-state index is 13.5. The fraction of sp³-hybridized carbons (Fsp3) is 0.111. The quantitative estimate of drug-likeness (QED) is 0.296. The molecule has 0 spiro atoms. The zero-order valence-electron chi connectivity index (χ0n) is 18.5. The van der Waals surface area contributed by atoms with E-state index in [0.29, 0.717) is 11.0 Å². The Labute approximate surface area is 191 Å². The number of hydrogen-bond acceptors (Lipinski definition) is 7. The normalized spacial score (nSPS) is 11.4. The van der Waals surface area contributed by atoms with E-state index in [9.17, 15) is 24.3 Å². The summed E-state index contributed by atoms with van der Waals surface area (Å²) >= 11 is 0. The highest BCUT2D eigenvalue weighted by atomic mass is 16.3. The molecule has 0 aliphatic heterocycles. The molecule has 0 aliphatic rings. The third-order valence-corrected chi connectivity index (χ3v) is 5.87. The lowest BCUT2D eigenvalue weighted by molar-refractivity contribution is 0.101. The summed E-state index contributed by atoms with van der Waals surface area (Å²) in [5.74, 6) is -1.06. The van der Waals surface area contributed by atoms with E-state index in [1.54, 1.807) is 18.2 Å². The third-order valence-electron chi connectivity index (χ3n) is 5.87. The molecule has 2 heterocycles. The number of phenolic OH excluding ortho intramolecular Hbond substituents is 1. The molecule has 34 heavy (non-hydrogen) atoms. The van der Waals surface area contributed by atoms with Gasteiger partial charge in [0, 0.05) is 11.1 Å². The van der Waals surface area contributed by atoms with Crippen LogP contribution in [0.2, 0.25) is 0 Å². The Morgan fingerprint density at radius 2 is 1.53 bits per heavy atom. The van der Waals surface area contributed by atoms with Gasteiger partial charge in [0.15, 0.2) is 11.6 Å². The summed E-state index contributed by atoms with van der Waals surface area (Å²) < 4.78 is 11.6. The van der Waals surface area contributed by atoms with Gasteiger partial charge in [-0.05, 0) is 57.2 Å². The zero-order chi connectivity index (χ0) is 24.3. The van der Waals surface area contributed by atoms with Crippen molar-refractivity contribution in [3.8, 4) is 16.9 Å². The van der Waals surface area contributed by atoms with Gasteiger partial charge in [-0.25, -0.2) is 0 Å². The van der Waals surface area contributed by atoms with Crippen LogP contribution < -0.4 is 10.9 Å². The highest BCUT2D eigenvalue weighted by Crippen LogP contribution is 2.35. The minimum absolute atomic E-state index is 0.00160. The summed E-state index contributed by atoms with van der Waals surface area (Å²) in [5, 5.41) is 10.2. The van der Waals surface area contributed by atoms with Crippen molar-refractivity contribution in [2.45, 2.75) is 20.8 Å².